The van der Waals surface area contributed by atoms with E-state index in [1.54, 1.807) is 0 Å². The zero-order chi connectivity index (χ0) is 17.6. The summed E-state index contributed by atoms with van der Waals surface area (Å²) in [5, 5.41) is 13.0. The summed E-state index contributed by atoms with van der Waals surface area (Å²) in [4.78, 5) is 16.9. The van der Waals surface area contributed by atoms with Crippen LogP contribution in [0.1, 0.15) is 24.7 Å². The molecule has 25 heavy (non-hydrogen) atoms. The lowest BCUT2D eigenvalue weighted by Crippen LogP contribution is -2.27. The number of nitrogens with one attached hydrogen (secondary N) is 1. The van der Waals surface area contributed by atoms with Gasteiger partial charge in [0.2, 0.25) is 5.91 Å². The number of carbonyl (C=O) groups excluding carboxylic acids is 1. The number of rotatable bonds is 7. The van der Waals surface area contributed by atoms with Crippen molar-refractivity contribution in [2.24, 2.45) is 0 Å². The Morgan fingerprint density at radius 2 is 1.88 bits per heavy atom. The monoisotopic (exact) mass is 337 g/mol. The molecule has 0 radical (unpaired) electrons. The number of aliphatic hydroxyl groups is 1. The zero-order valence-electron chi connectivity index (χ0n) is 14.4. The van der Waals surface area contributed by atoms with Crippen LogP contribution < -0.4 is 5.32 Å². The summed E-state index contributed by atoms with van der Waals surface area (Å²) >= 11 is 0. The Morgan fingerprint density at radius 3 is 2.64 bits per heavy atom. The Morgan fingerprint density at radius 1 is 1.16 bits per heavy atom. The zero-order valence-corrected chi connectivity index (χ0v) is 14.4. The molecule has 5 nitrogen and oxygen atoms in total. The van der Waals surface area contributed by atoms with Gasteiger partial charge in [-0.3, -0.25) is 4.79 Å². The van der Waals surface area contributed by atoms with Crippen molar-refractivity contribution >= 4 is 16.9 Å². The molecule has 130 valence electrons. The highest BCUT2D eigenvalue weighted by atomic mass is 16.3. The molecule has 5 heteroatoms. The number of amides is 1. The normalized spacial score (nSPS) is 12.2. The smallest absolute Gasteiger partial charge is 0.227 e. The summed E-state index contributed by atoms with van der Waals surface area (Å²) in [5.41, 5.74) is 2.85. The number of aliphatic hydroxyl groups excluding tert-OH is 1. The maximum absolute atomic E-state index is 12.3. The number of nitrogens with zero attached hydrogens (tertiary/aromatic N) is 2. The average molecular weight is 337 g/mol. The van der Waals surface area contributed by atoms with Crippen molar-refractivity contribution in [3.8, 4) is 0 Å². The van der Waals surface area contributed by atoms with Gasteiger partial charge in [0.05, 0.1) is 30.1 Å². The number of aromatic nitrogens is 2. The van der Waals surface area contributed by atoms with E-state index in [1.807, 2.05) is 66.1 Å². The van der Waals surface area contributed by atoms with E-state index in [4.69, 9.17) is 0 Å². The predicted molar refractivity (Wildman–Crippen MR) is 98.0 cm³/mol. The third kappa shape index (κ3) is 4.25. The predicted octanol–water partition coefficient (Wildman–Crippen LogP) is 2.67. The summed E-state index contributed by atoms with van der Waals surface area (Å²) < 4.78 is 1.95. The molecule has 2 aromatic carbocycles. The van der Waals surface area contributed by atoms with Crippen LogP contribution in [0.4, 0.5) is 0 Å². The van der Waals surface area contributed by atoms with Gasteiger partial charge in [0.1, 0.15) is 5.82 Å². The quantitative estimate of drug-likeness (QED) is 0.696. The second kappa shape index (κ2) is 7.94. The Balaban J connectivity index is 1.75. The Kier molecular flexibility index (Phi) is 5.46. The van der Waals surface area contributed by atoms with Gasteiger partial charge < -0.3 is 15.0 Å². The number of para-hydroxylation sites is 2. The van der Waals surface area contributed by atoms with Crippen molar-refractivity contribution in [1.82, 2.24) is 14.9 Å². The van der Waals surface area contributed by atoms with Gasteiger partial charge in [-0.25, -0.2) is 4.98 Å². The fraction of sp³-hybridized carbons (Fsp3) is 0.300. The van der Waals surface area contributed by atoms with Crippen LogP contribution in [0, 0.1) is 0 Å². The lowest BCUT2D eigenvalue weighted by Gasteiger charge is -2.13. The van der Waals surface area contributed by atoms with E-state index < -0.39 is 6.10 Å². The van der Waals surface area contributed by atoms with Gasteiger partial charge >= 0.3 is 0 Å². The molecule has 0 saturated heterocycles. The molecule has 2 N–H and O–H groups in total. The minimum atomic E-state index is -0.455. The van der Waals surface area contributed by atoms with Crippen LogP contribution in [0.3, 0.4) is 0 Å². The van der Waals surface area contributed by atoms with Gasteiger partial charge in [0, 0.05) is 6.54 Å². The first-order valence-corrected chi connectivity index (χ1v) is 8.60. The fourth-order valence-corrected chi connectivity index (χ4v) is 2.81. The highest BCUT2D eigenvalue weighted by Crippen LogP contribution is 2.17. The molecule has 3 rings (SSSR count). The maximum Gasteiger partial charge on any atom is 0.227 e. The molecule has 0 unspecified atom stereocenters. The summed E-state index contributed by atoms with van der Waals surface area (Å²) in [5.74, 6) is 0.602. The summed E-state index contributed by atoms with van der Waals surface area (Å²) in [7, 11) is 0. The topological polar surface area (TPSA) is 67.2 Å². The van der Waals surface area contributed by atoms with Gasteiger partial charge in [-0.1, -0.05) is 49.4 Å². The number of fused-ring (bicyclic) bond motifs is 1. The summed E-state index contributed by atoms with van der Waals surface area (Å²) in [6.45, 7) is 2.88. The van der Waals surface area contributed by atoms with Crippen molar-refractivity contribution in [3.05, 3.63) is 66.0 Å². The first-order chi connectivity index (χ1) is 12.2. The third-order valence-electron chi connectivity index (χ3n) is 4.25. The van der Waals surface area contributed by atoms with E-state index >= 15 is 0 Å². The van der Waals surface area contributed by atoms with E-state index in [0.29, 0.717) is 25.3 Å². The Labute approximate surface area is 147 Å². The first kappa shape index (κ1) is 17.2. The van der Waals surface area contributed by atoms with Crippen LogP contribution in [-0.4, -0.2) is 26.7 Å². The number of imidazole rings is 1. The van der Waals surface area contributed by atoms with Gasteiger partial charge in [-0.15, -0.1) is 0 Å². The van der Waals surface area contributed by atoms with Crippen LogP contribution >= 0.6 is 0 Å². The lowest BCUT2D eigenvalue weighted by atomic mass is 10.2. The lowest BCUT2D eigenvalue weighted by molar-refractivity contribution is -0.120. The van der Waals surface area contributed by atoms with Crippen molar-refractivity contribution in [3.63, 3.8) is 0 Å². The molecule has 0 bridgehead atoms. The van der Waals surface area contributed by atoms with Crippen LogP contribution in [0.25, 0.3) is 11.0 Å². The molecule has 0 aliphatic carbocycles. The van der Waals surface area contributed by atoms with Crippen LogP contribution in [-0.2, 0) is 24.3 Å². The highest BCUT2D eigenvalue weighted by molar-refractivity contribution is 5.81. The van der Waals surface area contributed by atoms with E-state index in [-0.39, 0.29) is 12.3 Å². The minimum absolute atomic E-state index is 0.0774. The number of hydrogen-bond donors (Lipinski definition) is 2. The van der Waals surface area contributed by atoms with Crippen LogP contribution in [0.5, 0.6) is 0 Å². The SMILES string of the molecule is CC[C@H](O)Cn1c(CC(=O)NCc2ccccc2)nc2ccccc21. The van der Waals surface area contributed by atoms with Gasteiger partial charge in [0.15, 0.2) is 0 Å². The fourth-order valence-electron chi connectivity index (χ4n) is 2.81. The molecular weight excluding hydrogens is 314 g/mol. The maximum atomic E-state index is 12.3. The first-order valence-electron chi connectivity index (χ1n) is 8.60. The van der Waals surface area contributed by atoms with E-state index in [1.165, 1.54) is 0 Å². The van der Waals surface area contributed by atoms with Crippen LogP contribution in [0.2, 0.25) is 0 Å². The summed E-state index contributed by atoms with van der Waals surface area (Å²) in [6.07, 6.45) is 0.396. The van der Waals surface area contributed by atoms with Crippen molar-refractivity contribution in [2.75, 3.05) is 0 Å². The molecule has 0 aliphatic heterocycles. The molecule has 1 aromatic heterocycles. The minimum Gasteiger partial charge on any atom is -0.391 e. The van der Waals surface area contributed by atoms with E-state index in [9.17, 15) is 9.90 Å². The number of benzene rings is 2. The molecule has 3 aromatic rings. The van der Waals surface area contributed by atoms with Gasteiger partial charge in [0.25, 0.3) is 0 Å². The van der Waals surface area contributed by atoms with Crippen molar-refractivity contribution in [1.29, 1.82) is 0 Å². The van der Waals surface area contributed by atoms with E-state index in [2.05, 4.69) is 10.3 Å². The molecule has 1 heterocycles. The molecule has 0 spiro atoms. The molecular formula is C20H23N3O2. The summed E-state index contributed by atoms with van der Waals surface area (Å²) in [6, 6.07) is 17.6. The third-order valence-corrected chi connectivity index (χ3v) is 4.25. The average Bonchev–Trinajstić information content (AvgIpc) is 2.98. The second-order valence-electron chi connectivity index (χ2n) is 6.13. The van der Waals surface area contributed by atoms with E-state index in [0.717, 1.165) is 16.6 Å². The van der Waals surface area contributed by atoms with Crippen molar-refractivity contribution in [2.45, 2.75) is 39.0 Å². The molecule has 0 fully saturated rings. The Hall–Kier alpha value is -2.66. The number of hydrogen-bond acceptors (Lipinski definition) is 3. The van der Waals surface area contributed by atoms with Gasteiger partial charge in [-0.05, 0) is 24.1 Å². The molecule has 0 aliphatic rings. The Bertz CT molecular complexity index is 843. The molecule has 1 amide bonds. The second-order valence-corrected chi connectivity index (χ2v) is 6.13. The highest BCUT2D eigenvalue weighted by Gasteiger charge is 2.16. The standard InChI is InChI=1S/C20H23N3O2/c1-2-16(24)14-23-18-11-7-6-10-17(18)22-19(23)12-20(25)21-13-15-8-4-3-5-9-15/h3-11,16,24H,2,12-14H2,1H3,(H,21,25)/t16-/m0/s1. The van der Waals surface area contributed by atoms with Crippen molar-refractivity contribution < 1.29 is 9.90 Å². The van der Waals surface area contributed by atoms with Crippen LogP contribution in [0.15, 0.2) is 54.6 Å². The largest absolute Gasteiger partial charge is 0.391 e. The molecule has 1 atom stereocenters. The molecule has 0 saturated carbocycles. The van der Waals surface area contributed by atoms with Gasteiger partial charge in [-0.2, -0.15) is 0 Å². The number of carbonyl (C=O) groups is 1.